The van der Waals surface area contributed by atoms with Crippen LogP contribution >= 0.6 is 15.9 Å². The summed E-state index contributed by atoms with van der Waals surface area (Å²) in [6.45, 7) is 4.46. The summed E-state index contributed by atoms with van der Waals surface area (Å²) in [6.07, 6.45) is 5.82. The second-order valence-corrected chi connectivity index (χ2v) is 10.2. The molecule has 4 saturated carbocycles. The highest BCUT2D eigenvalue weighted by atomic mass is 79.9. The van der Waals surface area contributed by atoms with E-state index in [4.69, 9.17) is 0 Å². The second-order valence-electron chi connectivity index (χ2n) is 9.06. The van der Waals surface area contributed by atoms with Gasteiger partial charge < -0.3 is 5.11 Å². The quantitative estimate of drug-likeness (QED) is 0.652. The molecule has 0 saturated heterocycles. The van der Waals surface area contributed by atoms with Crippen LogP contribution in [0.15, 0.2) is 0 Å². The summed E-state index contributed by atoms with van der Waals surface area (Å²) >= 11 is 3.56. The minimum absolute atomic E-state index is 0.0664. The third-order valence-electron chi connectivity index (χ3n) is 8.14. The van der Waals surface area contributed by atoms with E-state index in [2.05, 4.69) is 29.8 Å². The SMILES string of the molecule is C[C@]12CCC(O)CC1CC(=O)[C@@H]1[C@H]2CC[C@]2(C)C(=O)C(Br)C[C@@H]12. The van der Waals surface area contributed by atoms with Crippen LogP contribution in [0.1, 0.15) is 58.8 Å². The number of hydrogen-bond acceptors (Lipinski definition) is 3. The van der Waals surface area contributed by atoms with E-state index in [1.807, 2.05) is 0 Å². The van der Waals surface area contributed by atoms with Crippen molar-refractivity contribution in [3.8, 4) is 0 Å². The van der Waals surface area contributed by atoms with Crippen molar-refractivity contribution in [3.63, 3.8) is 0 Å². The minimum atomic E-state index is -0.303. The summed E-state index contributed by atoms with van der Waals surface area (Å²) in [5, 5.41) is 10.0. The van der Waals surface area contributed by atoms with E-state index in [1.54, 1.807) is 0 Å². The van der Waals surface area contributed by atoms with Crippen molar-refractivity contribution >= 4 is 27.5 Å². The highest BCUT2D eigenvalue weighted by Gasteiger charge is 2.64. The van der Waals surface area contributed by atoms with Gasteiger partial charge in [-0.05, 0) is 61.7 Å². The minimum Gasteiger partial charge on any atom is -0.393 e. The first kappa shape index (κ1) is 16.3. The summed E-state index contributed by atoms with van der Waals surface area (Å²) in [5.41, 5.74) is -0.130. The molecular formula is C19H27BrO3. The number of hydrogen-bond donors (Lipinski definition) is 1. The molecule has 0 spiro atoms. The van der Waals surface area contributed by atoms with Gasteiger partial charge in [-0.1, -0.05) is 29.8 Å². The summed E-state index contributed by atoms with van der Waals surface area (Å²) in [6, 6.07) is 0. The fraction of sp³-hybridized carbons (Fsp3) is 0.895. The van der Waals surface area contributed by atoms with Crippen molar-refractivity contribution in [1.29, 1.82) is 0 Å². The van der Waals surface area contributed by atoms with Crippen LogP contribution in [0, 0.1) is 34.5 Å². The van der Waals surface area contributed by atoms with Crippen LogP contribution in [-0.4, -0.2) is 27.6 Å². The van der Waals surface area contributed by atoms with Crippen molar-refractivity contribution < 1.29 is 14.7 Å². The molecule has 0 aliphatic heterocycles. The highest BCUT2D eigenvalue weighted by molar-refractivity contribution is 9.10. The molecule has 0 aromatic heterocycles. The van der Waals surface area contributed by atoms with E-state index in [0.717, 1.165) is 38.5 Å². The van der Waals surface area contributed by atoms with Gasteiger partial charge in [0.1, 0.15) is 5.78 Å². The first-order chi connectivity index (χ1) is 10.8. The van der Waals surface area contributed by atoms with Crippen molar-refractivity contribution in [2.24, 2.45) is 34.5 Å². The lowest BCUT2D eigenvalue weighted by molar-refractivity contribution is -0.160. The molecule has 4 heteroatoms. The van der Waals surface area contributed by atoms with Crippen molar-refractivity contribution in [2.75, 3.05) is 0 Å². The number of carbonyl (C=O) groups is 2. The molecule has 23 heavy (non-hydrogen) atoms. The third kappa shape index (κ3) is 2.09. The van der Waals surface area contributed by atoms with Gasteiger partial charge in [-0.15, -0.1) is 0 Å². The molecule has 0 bridgehead atoms. The van der Waals surface area contributed by atoms with Gasteiger partial charge in [0.05, 0.1) is 10.9 Å². The van der Waals surface area contributed by atoms with Gasteiger partial charge in [-0.25, -0.2) is 0 Å². The zero-order valence-corrected chi connectivity index (χ0v) is 15.6. The van der Waals surface area contributed by atoms with Gasteiger partial charge in [0.15, 0.2) is 5.78 Å². The number of aliphatic hydroxyl groups excluding tert-OH is 1. The predicted molar refractivity (Wildman–Crippen MR) is 91.2 cm³/mol. The molecule has 3 nitrogen and oxygen atoms in total. The molecule has 8 atom stereocenters. The molecule has 0 heterocycles. The average molecular weight is 383 g/mol. The fourth-order valence-electron chi connectivity index (χ4n) is 6.67. The number of aliphatic hydroxyl groups is 1. The zero-order valence-electron chi connectivity index (χ0n) is 14.1. The Kier molecular flexibility index (Phi) is 3.63. The molecule has 3 unspecified atom stereocenters. The van der Waals surface area contributed by atoms with Crippen LogP contribution in [-0.2, 0) is 9.59 Å². The van der Waals surface area contributed by atoms with E-state index in [1.165, 1.54) is 0 Å². The lowest BCUT2D eigenvalue weighted by atomic mass is 9.45. The molecule has 0 aromatic carbocycles. The van der Waals surface area contributed by atoms with Gasteiger partial charge >= 0.3 is 0 Å². The molecule has 0 radical (unpaired) electrons. The molecule has 1 N–H and O–H groups in total. The number of rotatable bonds is 0. The standard InChI is InChI=1S/C19H27BrO3/c1-18-5-3-11(21)7-10(18)8-15(22)16-12(18)4-6-19(2)13(16)9-14(20)17(19)23/h10-14,16,21H,3-9H2,1-2H3/t10?,11?,12-,13+,14?,16-,18+,19+/m1/s1. The normalized spacial score (nSPS) is 56.0. The van der Waals surface area contributed by atoms with Crippen LogP contribution in [0.5, 0.6) is 0 Å². The van der Waals surface area contributed by atoms with Gasteiger partial charge in [-0.2, -0.15) is 0 Å². The maximum absolute atomic E-state index is 13.0. The van der Waals surface area contributed by atoms with E-state index in [-0.39, 0.29) is 33.6 Å². The van der Waals surface area contributed by atoms with Crippen molar-refractivity contribution in [3.05, 3.63) is 0 Å². The third-order valence-corrected chi connectivity index (χ3v) is 8.93. The molecular weight excluding hydrogens is 356 g/mol. The van der Waals surface area contributed by atoms with Gasteiger partial charge in [0.25, 0.3) is 0 Å². The maximum atomic E-state index is 13.0. The molecule has 4 aliphatic rings. The first-order valence-corrected chi connectivity index (χ1v) is 10.1. The first-order valence-electron chi connectivity index (χ1n) is 9.16. The number of Topliss-reactive ketones (excluding diaryl/α,β-unsaturated/α-hetero) is 2. The Hall–Kier alpha value is -0.220. The monoisotopic (exact) mass is 382 g/mol. The van der Waals surface area contributed by atoms with Gasteiger partial charge in [0.2, 0.25) is 0 Å². The fourth-order valence-corrected chi connectivity index (χ4v) is 7.59. The Morgan fingerprint density at radius 2 is 1.83 bits per heavy atom. The molecule has 0 amide bonds. The largest absolute Gasteiger partial charge is 0.393 e. The van der Waals surface area contributed by atoms with E-state index in [9.17, 15) is 14.7 Å². The van der Waals surface area contributed by atoms with Crippen LogP contribution < -0.4 is 0 Å². The Balaban J connectivity index is 1.71. The number of alkyl halides is 1. The van der Waals surface area contributed by atoms with E-state index < -0.39 is 0 Å². The molecule has 4 fully saturated rings. The van der Waals surface area contributed by atoms with Crippen LogP contribution in [0.3, 0.4) is 0 Å². The van der Waals surface area contributed by atoms with Crippen LogP contribution in [0.4, 0.5) is 0 Å². The zero-order chi connectivity index (χ0) is 16.6. The average Bonchev–Trinajstić information content (AvgIpc) is 2.73. The lowest BCUT2D eigenvalue weighted by Gasteiger charge is -2.59. The van der Waals surface area contributed by atoms with Gasteiger partial charge in [-0.3, -0.25) is 9.59 Å². The number of halogens is 1. The molecule has 4 aliphatic carbocycles. The predicted octanol–water partition coefficient (Wildman–Crippen LogP) is 3.51. The molecule has 0 aromatic rings. The van der Waals surface area contributed by atoms with Gasteiger partial charge in [0, 0.05) is 17.8 Å². The summed E-state index contributed by atoms with van der Waals surface area (Å²) < 4.78 is 0. The lowest BCUT2D eigenvalue weighted by Crippen LogP contribution is -2.57. The van der Waals surface area contributed by atoms with Crippen molar-refractivity contribution in [1.82, 2.24) is 0 Å². The maximum Gasteiger partial charge on any atom is 0.152 e. The molecule has 128 valence electrons. The Labute approximate surface area is 146 Å². The van der Waals surface area contributed by atoms with E-state index in [0.29, 0.717) is 29.8 Å². The van der Waals surface area contributed by atoms with Crippen molar-refractivity contribution in [2.45, 2.75) is 69.7 Å². The Morgan fingerprint density at radius 3 is 2.57 bits per heavy atom. The Morgan fingerprint density at radius 1 is 1.09 bits per heavy atom. The Bertz CT molecular complexity index is 561. The summed E-state index contributed by atoms with van der Waals surface area (Å²) in [7, 11) is 0. The topological polar surface area (TPSA) is 54.4 Å². The van der Waals surface area contributed by atoms with E-state index >= 15 is 0 Å². The number of ketones is 2. The smallest absolute Gasteiger partial charge is 0.152 e. The number of fused-ring (bicyclic) bond motifs is 5. The summed E-state index contributed by atoms with van der Waals surface area (Å²) in [4.78, 5) is 25.6. The molecule has 4 rings (SSSR count). The summed E-state index contributed by atoms with van der Waals surface area (Å²) in [5.74, 6) is 1.72. The number of carbonyl (C=O) groups excluding carboxylic acids is 2. The second kappa shape index (κ2) is 5.14. The highest BCUT2D eigenvalue weighted by Crippen LogP contribution is 2.65. The van der Waals surface area contributed by atoms with Crippen LogP contribution in [0.25, 0.3) is 0 Å². The van der Waals surface area contributed by atoms with Crippen LogP contribution in [0.2, 0.25) is 0 Å².